The molecule has 0 radical (unpaired) electrons. The molecule has 1 heterocycles. The van der Waals surface area contributed by atoms with Gasteiger partial charge in [-0.15, -0.1) is 0 Å². The molecule has 1 aliphatic heterocycles. The van der Waals surface area contributed by atoms with Gasteiger partial charge in [-0.25, -0.2) is 0 Å². The van der Waals surface area contributed by atoms with E-state index in [1.807, 2.05) is 24.8 Å². The molecule has 1 aromatic carbocycles. The minimum absolute atomic E-state index is 0.0701. The van der Waals surface area contributed by atoms with Gasteiger partial charge in [-0.3, -0.25) is 4.79 Å². The summed E-state index contributed by atoms with van der Waals surface area (Å²) in [5.41, 5.74) is 1.40. The first kappa shape index (κ1) is 14.9. The molecular weight excluding hydrogens is 252 g/mol. The number of hydrogen-bond donors (Lipinski definition) is 2. The van der Waals surface area contributed by atoms with Crippen LogP contribution in [0.2, 0.25) is 0 Å². The van der Waals surface area contributed by atoms with Crippen LogP contribution in [-0.2, 0) is 0 Å². The van der Waals surface area contributed by atoms with Crippen LogP contribution in [-0.4, -0.2) is 42.1 Å². The van der Waals surface area contributed by atoms with Gasteiger partial charge in [0.1, 0.15) is 5.75 Å². The lowest BCUT2D eigenvalue weighted by Gasteiger charge is -2.29. The average molecular weight is 276 g/mol. The topological polar surface area (TPSA) is 52.6 Å². The highest BCUT2D eigenvalue weighted by molar-refractivity contribution is 5.97. The third-order valence-corrected chi connectivity index (χ3v) is 3.93. The monoisotopic (exact) mass is 276 g/mol. The number of carbonyl (C=O) groups excluding carboxylic acids is 1. The van der Waals surface area contributed by atoms with E-state index in [0.717, 1.165) is 31.6 Å². The largest absolute Gasteiger partial charge is 0.507 e. The molecule has 1 amide bonds. The molecule has 2 rings (SSSR count). The van der Waals surface area contributed by atoms with Gasteiger partial charge in [0.15, 0.2) is 0 Å². The Hall–Kier alpha value is -1.55. The zero-order valence-corrected chi connectivity index (χ0v) is 12.4. The van der Waals surface area contributed by atoms with Crippen LogP contribution in [0.5, 0.6) is 5.75 Å². The molecule has 1 atom stereocenters. The Balaban J connectivity index is 2.09. The number of nitrogens with zero attached hydrogens (tertiary/aromatic N) is 1. The Morgan fingerprint density at radius 2 is 2.30 bits per heavy atom. The van der Waals surface area contributed by atoms with E-state index in [0.29, 0.717) is 18.0 Å². The van der Waals surface area contributed by atoms with Crippen molar-refractivity contribution in [2.45, 2.75) is 26.7 Å². The lowest BCUT2D eigenvalue weighted by atomic mass is 9.98. The van der Waals surface area contributed by atoms with E-state index in [-0.39, 0.29) is 11.7 Å². The van der Waals surface area contributed by atoms with E-state index in [1.54, 1.807) is 12.1 Å². The van der Waals surface area contributed by atoms with Gasteiger partial charge in [0, 0.05) is 13.1 Å². The Kier molecular flexibility index (Phi) is 5.01. The van der Waals surface area contributed by atoms with Gasteiger partial charge in [-0.2, -0.15) is 0 Å². The van der Waals surface area contributed by atoms with Gasteiger partial charge >= 0.3 is 0 Å². The zero-order valence-electron chi connectivity index (χ0n) is 12.4. The van der Waals surface area contributed by atoms with Crippen LogP contribution in [0.4, 0.5) is 0 Å². The number of phenolic OH excluding ortho intramolecular Hbond substituents is 1. The lowest BCUT2D eigenvalue weighted by molar-refractivity contribution is 0.0726. The molecule has 1 unspecified atom stereocenters. The fourth-order valence-electron chi connectivity index (χ4n) is 2.74. The van der Waals surface area contributed by atoms with E-state index < -0.39 is 0 Å². The molecule has 1 aliphatic rings. The van der Waals surface area contributed by atoms with Crippen LogP contribution < -0.4 is 5.32 Å². The van der Waals surface area contributed by atoms with Crippen molar-refractivity contribution in [2.24, 2.45) is 5.92 Å². The minimum Gasteiger partial charge on any atom is -0.507 e. The Bertz CT molecular complexity index is 468. The second-order valence-electron chi connectivity index (χ2n) is 5.58. The summed E-state index contributed by atoms with van der Waals surface area (Å²) in [6.45, 7) is 7.40. The van der Waals surface area contributed by atoms with Crippen molar-refractivity contribution in [1.82, 2.24) is 10.2 Å². The maximum atomic E-state index is 12.6. The van der Waals surface area contributed by atoms with Crippen molar-refractivity contribution in [3.63, 3.8) is 0 Å². The molecule has 1 aromatic rings. The van der Waals surface area contributed by atoms with Crippen LogP contribution in [0.3, 0.4) is 0 Å². The number of hydrogen-bond acceptors (Lipinski definition) is 3. The smallest absolute Gasteiger partial charge is 0.257 e. The van der Waals surface area contributed by atoms with Gasteiger partial charge < -0.3 is 15.3 Å². The van der Waals surface area contributed by atoms with Gasteiger partial charge in [0.05, 0.1) is 5.56 Å². The number of piperidine rings is 1. The van der Waals surface area contributed by atoms with Crippen molar-refractivity contribution >= 4 is 5.91 Å². The van der Waals surface area contributed by atoms with Crippen LogP contribution in [0.1, 0.15) is 35.7 Å². The maximum Gasteiger partial charge on any atom is 0.257 e. The second kappa shape index (κ2) is 6.75. The molecule has 1 saturated heterocycles. The number of rotatable bonds is 4. The molecule has 0 aromatic heterocycles. The fraction of sp³-hybridized carbons (Fsp3) is 0.562. The van der Waals surface area contributed by atoms with Crippen molar-refractivity contribution in [2.75, 3.05) is 26.2 Å². The Morgan fingerprint density at radius 3 is 2.95 bits per heavy atom. The number of phenols is 1. The number of aryl methyl sites for hydroxylation is 1. The van der Waals surface area contributed by atoms with E-state index in [4.69, 9.17) is 0 Å². The third-order valence-electron chi connectivity index (χ3n) is 3.93. The Morgan fingerprint density at radius 1 is 1.50 bits per heavy atom. The molecular formula is C16H24N2O2. The minimum atomic E-state index is -0.0701. The molecule has 0 saturated carbocycles. The quantitative estimate of drug-likeness (QED) is 0.886. The van der Waals surface area contributed by atoms with Crippen molar-refractivity contribution in [1.29, 1.82) is 0 Å². The number of benzene rings is 1. The molecule has 0 spiro atoms. The first-order chi connectivity index (χ1) is 9.61. The van der Waals surface area contributed by atoms with Crippen LogP contribution in [0.15, 0.2) is 18.2 Å². The van der Waals surface area contributed by atoms with E-state index in [9.17, 15) is 9.90 Å². The second-order valence-corrected chi connectivity index (χ2v) is 5.58. The zero-order chi connectivity index (χ0) is 14.5. The third kappa shape index (κ3) is 3.51. The highest BCUT2D eigenvalue weighted by atomic mass is 16.3. The fourth-order valence-corrected chi connectivity index (χ4v) is 2.74. The maximum absolute atomic E-state index is 12.6. The predicted molar refractivity (Wildman–Crippen MR) is 80.0 cm³/mol. The van der Waals surface area contributed by atoms with Gasteiger partial charge in [-0.05, 0) is 57.8 Å². The van der Waals surface area contributed by atoms with Crippen molar-refractivity contribution < 1.29 is 9.90 Å². The normalized spacial score (nSPS) is 18.8. The summed E-state index contributed by atoms with van der Waals surface area (Å²) in [7, 11) is 0. The molecule has 4 heteroatoms. The molecule has 20 heavy (non-hydrogen) atoms. The number of carbonyl (C=O) groups is 1. The summed E-state index contributed by atoms with van der Waals surface area (Å²) in [6, 6.07) is 5.17. The van der Waals surface area contributed by atoms with Gasteiger partial charge in [0.25, 0.3) is 5.91 Å². The molecule has 2 N–H and O–H groups in total. The van der Waals surface area contributed by atoms with Crippen molar-refractivity contribution in [3.05, 3.63) is 29.3 Å². The van der Waals surface area contributed by atoms with Crippen LogP contribution in [0.25, 0.3) is 0 Å². The Labute approximate surface area is 120 Å². The predicted octanol–water partition coefficient (Wildman–Crippen LogP) is 2.16. The number of aromatic hydroxyl groups is 1. The summed E-state index contributed by atoms with van der Waals surface area (Å²) in [5, 5.41) is 13.3. The first-order valence-corrected chi connectivity index (χ1v) is 7.41. The van der Waals surface area contributed by atoms with Crippen LogP contribution >= 0.6 is 0 Å². The van der Waals surface area contributed by atoms with Crippen molar-refractivity contribution in [3.8, 4) is 5.75 Å². The molecule has 0 bridgehead atoms. The van der Waals surface area contributed by atoms with Gasteiger partial charge in [-0.1, -0.05) is 11.6 Å². The summed E-state index contributed by atoms with van der Waals surface area (Å²) in [6.07, 6.45) is 2.34. The summed E-state index contributed by atoms with van der Waals surface area (Å²) >= 11 is 0. The average Bonchev–Trinajstić information content (AvgIpc) is 2.47. The van der Waals surface area contributed by atoms with Gasteiger partial charge in [0.2, 0.25) is 0 Å². The van der Waals surface area contributed by atoms with E-state index >= 15 is 0 Å². The first-order valence-electron chi connectivity index (χ1n) is 7.41. The highest BCUT2D eigenvalue weighted by Gasteiger charge is 2.22. The molecule has 0 aliphatic carbocycles. The lowest BCUT2D eigenvalue weighted by Crippen LogP contribution is -2.41. The number of amides is 1. The summed E-state index contributed by atoms with van der Waals surface area (Å²) in [4.78, 5) is 14.4. The molecule has 4 nitrogen and oxygen atoms in total. The van der Waals surface area contributed by atoms with Crippen LogP contribution in [0, 0.1) is 12.8 Å². The molecule has 1 fully saturated rings. The number of nitrogens with one attached hydrogen (secondary N) is 1. The highest BCUT2D eigenvalue weighted by Crippen LogP contribution is 2.21. The van der Waals surface area contributed by atoms with E-state index in [1.165, 1.54) is 6.42 Å². The summed E-state index contributed by atoms with van der Waals surface area (Å²) in [5.74, 6) is 0.514. The SMILES string of the molecule is CCN(CC1CCCNC1)C(=O)c1cc(C)ccc1O. The van der Waals surface area contributed by atoms with E-state index in [2.05, 4.69) is 5.32 Å². The molecule has 110 valence electrons. The summed E-state index contributed by atoms with van der Waals surface area (Å²) < 4.78 is 0. The standard InChI is InChI=1S/C16H24N2O2/c1-3-18(11-13-5-4-8-17-10-13)16(20)14-9-12(2)6-7-15(14)19/h6-7,9,13,17,19H,3-5,8,10-11H2,1-2H3.